The fourth-order valence-corrected chi connectivity index (χ4v) is 2.37. The first-order valence-electron chi connectivity index (χ1n) is 6.93. The summed E-state index contributed by atoms with van der Waals surface area (Å²) in [6.45, 7) is 2.79. The van der Waals surface area contributed by atoms with Crippen molar-refractivity contribution in [2.45, 2.75) is 25.4 Å². The number of β-amino-alcohol motifs (C(OH)–C–C–N with tert-alkyl or cyclic N) is 1. The van der Waals surface area contributed by atoms with Crippen molar-refractivity contribution < 1.29 is 14.8 Å². The number of nitro groups is 1. The van der Waals surface area contributed by atoms with Gasteiger partial charge >= 0.3 is 0 Å². The van der Waals surface area contributed by atoms with E-state index >= 15 is 0 Å². The van der Waals surface area contributed by atoms with Crippen LogP contribution in [0.4, 0.5) is 5.69 Å². The predicted molar refractivity (Wildman–Crippen MR) is 74.9 cm³/mol. The van der Waals surface area contributed by atoms with Gasteiger partial charge in [-0.2, -0.15) is 0 Å². The number of nitrogens with zero attached hydrogens (tertiary/aromatic N) is 2. The van der Waals surface area contributed by atoms with Gasteiger partial charge in [-0.25, -0.2) is 0 Å². The van der Waals surface area contributed by atoms with Gasteiger partial charge < -0.3 is 14.7 Å². The Labute approximate surface area is 118 Å². The fraction of sp³-hybridized carbons (Fsp3) is 0.571. The molecule has 0 radical (unpaired) electrons. The molecule has 0 unspecified atom stereocenters. The van der Waals surface area contributed by atoms with Crippen molar-refractivity contribution in [3.63, 3.8) is 0 Å². The zero-order chi connectivity index (χ0) is 14.4. The molecule has 1 N–H and O–H groups in total. The Morgan fingerprint density at radius 3 is 2.80 bits per heavy atom. The topological polar surface area (TPSA) is 75.8 Å². The van der Waals surface area contributed by atoms with Gasteiger partial charge in [-0.3, -0.25) is 10.1 Å². The molecule has 0 amide bonds. The lowest BCUT2D eigenvalue weighted by molar-refractivity contribution is -0.384. The van der Waals surface area contributed by atoms with Crippen LogP contribution in [0.2, 0.25) is 0 Å². The monoisotopic (exact) mass is 280 g/mol. The average molecular weight is 280 g/mol. The molecule has 1 aliphatic rings. The first-order valence-corrected chi connectivity index (χ1v) is 6.93. The molecule has 1 aromatic rings. The van der Waals surface area contributed by atoms with E-state index in [1.54, 1.807) is 12.1 Å². The van der Waals surface area contributed by atoms with Gasteiger partial charge in [0.15, 0.2) is 0 Å². The molecule has 0 spiro atoms. The third-order valence-electron chi connectivity index (χ3n) is 3.39. The van der Waals surface area contributed by atoms with Crippen molar-refractivity contribution in [1.82, 2.24) is 4.90 Å². The largest absolute Gasteiger partial charge is 0.491 e. The number of ether oxygens (including phenoxy) is 1. The number of nitro benzene ring substituents is 1. The van der Waals surface area contributed by atoms with Crippen molar-refractivity contribution in [3.8, 4) is 5.75 Å². The van der Waals surface area contributed by atoms with Crippen molar-refractivity contribution in [2.24, 2.45) is 0 Å². The summed E-state index contributed by atoms with van der Waals surface area (Å²) in [5.41, 5.74) is -0.00646. The van der Waals surface area contributed by atoms with Crippen LogP contribution in [0.25, 0.3) is 0 Å². The second kappa shape index (κ2) is 7.21. The summed E-state index contributed by atoms with van der Waals surface area (Å²) in [4.78, 5) is 12.4. The average Bonchev–Trinajstić information content (AvgIpc) is 2.46. The molecule has 1 aromatic carbocycles. The molecule has 110 valence electrons. The minimum Gasteiger partial charge on any atom is -0.491 e. The predicted octanol–water partition coefficient (Wildman–Crippen LogP) is 1.82. The van der Waals surface area contributed by atoms with E-state index in [1.165, 1.54) is 31.4 Å². The minimum atomic E-state index is -0.577. The highest BCUT2D eigenvalue weighted by molar-refractivity contribution is 5.37. The summed E-state index contributed by atoms with van der Waals surface area (Å²) in [5, 5.41) is 20.6. The highest BCUT2D eigenvalue weighted by atomic mass is 16.6. The third-order valence-corrected chi connectivity index (χ3v) is 3.39. The number of aliphatic hydroxyl groups excluding tert-OH is 1. The summed E-state index contributed by atoms with van der Waals surface area (Å²) in [7, 11) is 0. The number of likely N-dealkylation sites (tertiary alicyclic amines) is 1. The Bertz CT molecular complexity index is 447. The maximum Gasteiger partial charge on any atom is 0.273 e. The van der Waals surface area contributed by atoms with E-state index < -0.39 is 11.0 Å². The summed E-state index contributed by atoms with van der Waals surface area (Å²) >= 11 is 0. The Morgan fingerprint density at radius 1 is 1.35 bits per heavy atom. The van der Waals surface area contributed by atoms with Gasteiger partial charge in [-0.05, 0) is 32.0 Å². The molecule has 20 heavy (non-hydrogen) atoms. The molecule has 1 aliphatic heterocycles. The summed E-state index contributed by atoms with van der Waals surface area (Å²) in [5.74, 6) is 0.414. The quantitative estimate of drug-likeness (QED) is 0.635. The number of hydrogen-bond acceptors (Lipinski definition) is 5. The van der Waals surface area contributed by atoms with Crippen LogP contribution < -0.4 is 4.74 Å². The van der Waals surface area contributed by atoms with Crippen LogP contribution in [-0.2, 0) is 0 Å². The van der Waals surface area contributed by atoms with E-state index in [0.29, 0.717) is 12.3 Å². The molecule has 0 bridgehead atoms. The van der Waals surface area contributed by atoms with E-state index in [-0.39, 0.29) is 12.3 Å². The Hall–Kier alpha value is -1.66. The second-order valence-corrected chi connectivity index (χ2v) is 5.08. The number of hydrogen-bond donors (Lipinski definition) is 1. The molecule has 6 heteroatoms. The molecule has 0 aliphatic carbocycles. The van der Waals surface area contributed by atoms with E-state index in [2.05, 4.69) is 4.90 Å². The van der Waals surface area contributed by atoms with E-state index in [9.17, 15) is 15.2 Å². The van der Waals surface area contributed by atoms with E-state index in [4.69, 9.17) is 4.74 Å². The van der Waals surface area contributed by atoms with Crippen LogP contribution in [0.5, 0.6) is 5.75 Å². The van der Waals surface area contributed by atoms with Crippen molar-refractivity contribution >= 4 is 5.69 Å². The van der Waals surface area contributed by atoms with Crippen LogP contribution >= 0.6 is 0 Å². The molecule has 1 atom stereocenters. The zero-order valence-corrected chi connectivity index (χ0v) is 11.4. The van der Waals surface area contributed by atoms with Crippen LogP contribution in [0.3, 0.4) is 0 Å². The standard InChI is InChI=1S/C14H20N2O4/c17-13(10-15-7-2-1-3-8-15)11-20-14-6-4-5-12(9-14)16(18)19/h4-6,9,13,17H,1-3,7-8,10-11H2/t13-/m1/s1. The summed E-state index contributed by atoms with van der Waals surface area (Å²) < 4.78 is 5.42. The number of rotatable bonds is 6. The third kappa shape index (κ3) is 4.47. The lowest BCUT2D eigenvalue weighted by Gasteiger charge is -2.28. The molecule has 1 heterocycles. The van der Waals surface area contributed by atoms with Crippen molar-refractivity contribution in [1.29, 1.82) is 0 Å². The smallest absolute Gasteiger partial charge is 0.273 e. The zero-order valence-electron chi connectivity index (χ0n) is 11.4. The van der Waals surface area contributed by atoms with Gasteiger partial charge in [0.05, 0.1) is 11.0 Å². The molecule has 6 nitrogen and oxygen atoms in total. The SMILES string of the molecule is O=[N+]([O-])c1cccc(OC[C@H](O)CN2CCCCC2)c1. The summed E-state index contributed by atoms with van der Waals surface area (Å²) in [6.07, 6.45) is 3.04. The maximum atomic E-state index is 10.6. The van der Waals surface area contributed by atoms with E-state index in [0.717, 1.165) is 13.1 Å². The molecule has 0 saturated carbocycles. The molecule has 1 fully saturated rings. The highest BCUT2D eigenvalue weighted by Gasteiger charge is 2.15. The normalized spacial score (nSPS) is 17.6. The van der Waals surface area contributed by atoms with Crippen LogP contribution in [0.1, 0.15) is 19.3 Å². The summed E-state index contributed by atoms with van der Waals surface area (Å²) in [6, 6.07) is 6.01. The van der Waals surface area contributed by atoms with Gasteiger partial charge in [0.2, 0.25) is 0 Å². The first-order chi connectivity index (χ1) is 9.65. The van der Waals surface area contributed by atoms with Crippen LogP contribution in [-0.4, -0.2) is 47.3 Å². The highest BCUT2D eigenvalue weighted by Crippen LogP contribution is 2.19. The Kier molecular flexibility index (Phi) is 5.31. The fourth-order valence-electron chi connectivity index (χ4n) is 2.37. The minimum absolute atomic E-state index is 0.00646. The molecule has 2 rings (SSSR count). The maximum absolute atomic E-state index is 10.6. The number of piperidine rings is 1. The van der Waals surface area contributed by atoms with Gasteiger partial charge in [-0.15, -0.1) is 0 Å². The van der Waals surface area contributed by atoms with Crippen LogP contribution in [0.15, 0.2) is 24.3 Å². The number of aliphatic hydroxyl groups is 1. The Balaban J connectivity index is 1.78. The van der Waals surface area contributed by atoms with E-state index in [1.807, 2.05) is 0 Å². The number of benzene rings is 1. The number of non-ortho nitro benzene ring substituents is 1. The molecular weight excluding hydrogens is 260 g/mol. The van der Waals surface area contributed by atoms with Crippen molar-refractivity contribution in [2.75, 3.05) is 26.2 Å². The van der Waals surface area contributed by atoms with Gasteiger partial charge in [-0.1, -0.05) is 12.5 Å². The molecular formula is C14H20N2O4. The van der Waals surface area contributed by atoms with Gasteiger partial charge in [0, 0.05) is 12.6 Å². The van der Waals surface area contributed by atoms with Gasteiger partial charge in [0.25, 0.3) is 5.69 Å². The second-order valence-electron chi connectivity index (χ2n) is 5.08. The lowest BCUT2D eigenvalue weighted by atomic mass is 10.1. The molecule has 0 aromatic heterocycles. The van der Waals surface area contributed by atoms with Crippen LogP contribution in [0, 0.1) is 10.1 Å². The first kappa shape index (κ1) is 14.7. The lowest BCUT2D eigenvalue weighted by Crippen LogP contribution is -2.38. The Morgan fingerprint density at radius 2 is 2.10 bits per heavy atom. The molecule has 1 saturated heterocycles. The van der Waals surface area contributed by atoms with Gasteiger partial charge in [0.1, 0.15) is 18.5 Å². The van der Waals surface area contributed by atoms with Crippen molar-refractivity contribution in [3.05, 3.63) is 34.4 Å².